The number of nitrogens with one attached hydrogen (secondary N) is 1. The molecule has 0 bridgehead atoms. The fraction of sp³-hybridized carbons (Fsp3) is 0.294. The number of nitriles is 1. The van der Waals surface area contributed by atoms with Gasteiger partial charge in [0.05, 0.1) is 12.7 Å². The van der Waals surface area contributed by atoms with Crippen LogP contribution in [0.15, 0.2) is 60.0 Å². The van der Waals surface area contributed by atoms with E-state index < -0.39 is 12.2 Å². The maximum Gasteiger partial charge on any atom is 0.408 e. The third kappa shape index (κ3) is 7.03. The molecule has 1 atom stereocenters. The molecule has 1 rings (SSSR count). The second-order valence-electron chi connectivity index (χ2n) is 4.15. The summed E-state index contributed by atoms with van der Waals surface area (Å²) in [5.74, 6) is -0.0284. The number of allylic oxidation sites excluding steroid dienone is 1. The zero-order chi connectivity index (χ0) is 19.5. The summed E-state index contributed by atoms with van der Waals surface area (Å²) in [7, 11) is 1.25. The molecule has 1 unspecified atom stereocenters. The molecule has 0 aliphatic rings. The van der Waals surface area contributed by atoms with Crippen LogP contribution in [0.3, 0.4) is 0 Å². The van der Waals surface area contributed by atoms with Crippen LogP contribution in [0.25, 0.3) is 0 Å². The third-order valence-electron chi connectivity index (χ3n) is 2.68. The van der Waals surface area contributed by atoms with E-state index in [0.29, 0.717) is 16.8 Å². The number of pyridine rings is 1. The Hall–Kier alpha value is -2.24. The highest BCUT2D eigenvalue weighted by atomic mass is 32.2. The Kier molecular flexibility index (Phi) is 10.3. The molecule has 0 amide bonds. The van der Waals surface area contributed by atoms with E-state index in [9.17, 15) is 13.2 Å². The Labute approximate surface area is 150 Å². The lowest BCUT2D eigenvalue weighted by atomic mass is 10.1. The molecule has 0 radical (unpaired) electrons. The van der Waals surface area contributed by atoms with Gasteiger partial charge in [0.25, 0.3) is 0 Å². The number of halogens is 3. The van der Waals surface area contributed by atoms with Gasteiger partial charge in [-0.1, -0.05) is 33.1 Å². The van der Waals surface area contributed by atoms with Gasteiger partial charge in [-0.05, 0) is 24.1 Å². The van der Waals surface area contributed by atoms with Crippen LogP contribution < -0.4 is 4.72 Å². The zero-order valence-corrected chi connectivity index (χ0v) is 15.0. The molecule has 1 N–H and O–H groups in total. The Balaban J connectivity index is 0.00000277. The molecule has 1 aromatic rings. The van der Waals surface area contributed by atoms with Gasteiger partial charge in [0, 0.05) is 22.9 Å². The van der Waals surface area contributed by atoms with Gasteiger partial charge >= 0.3 is 6.18 Å². The van der Waals surface area contributed by atoms with Crippen LogP contribution in [0.4, 0.5) is 13.2 Å². The van der Waals surface area contributed by atoms with Gasteiger partial charge in [-0.25, -0.2) is 4.72 Å². The number of methoxy groups -OCH3 is 1. The van der Waals surface area contributed by atoms with Crippen LogP contribution >= 0.6 is 11.9 Å². The molecule has 1 heterocycles. The van der Waals surface area contributed by atoms with E-state index in [4.69, 9.17) is 10.00 Å². The molecule has 136 valence electrons. The lowest BCUT2D eigenvalue weighted by molar-refractivity contribution is -0.142. The quantitative estimate of drug-likeness (QED) is 0.425. The minimum atomic E-state index is -4.58. The van der Waals surface area contributed by atoms with E-state index >= 15 is 0 Å². The normalized spacial score (nSPS) is 12.7. The molecule has 0 spiro atoms. The maximum atomic E-state index is 13.3. The van der Waals surface area contributed by atoms with Crippen LogP contribution in [-0.2, 0) is 4.74 Å². The molecule has 0 saturated carbocycles. The van der Waals surface area contributed by atoms with Gasteiger partial charge < -0.3 is 4.74 Å². The molecule has 0 aliphatic carbocycles. The average Bonchev–Trinajstić information content (AvgIpc) is 2.62. The van der Waals surface area contributed by atoms with E-state index in [-0.39, 0.29) is 16.9 Å². The molecule has 0 fully saturated rings. The van der Waals surface area contributed by atoms with Crippen LogP contribution in [0, 0.1) is 11.3 Å². The molecule has 0 aliphatic heterocycles. The third-order valence-corrected chi connectivity index (χ3v) is 3.50. The largest absolute Gasteiger partial charge is 0.496 e. The summed E-state index contributed by atoms with van der Waals surface area (Å²) < 4.78 is 47.2. The smallest absolute Gasteiger partial charge is 0.408 e. The van der Waals surface area contributed by atoms with Crippen LogP contribution in [0.1, 0.15) is 19.4 Å². The van der Waals surface area contributed by atoms with Crippen molar-refractivity contribution in [1.29, 1.82) is 5.26 Å². The monoisotopic (exact) mass is 371 g/mol. The average molecular weight is 371 g/mol. The maximum absolute atomic E-state index is 13.3. The second-order valence-corrected chi connectivity index (χ2v) is 5.06. The first-order chi connectivity index (χ1) is 11.9. The van der Waals surface area contributed by atoms with E-state index in [2.05, 4.69) is 22.9 Å². The Morgan fingerprint density at radius 2 is 2.00 bits per heavy atom. The summed E-state index contributed by atoms with van der Waals surface area (Å²) in [5, 5.41) is 8.78. The molecule has 25 heavy (non-hydrogen) atoms. The highest BCUT2D eigenvalue weighted by molar-refractivity contribution is 7.97. The minimum Gasteiger partial charge on any atom is -0.496 e. The summed E-state index contributed by atoms with van der Waals surface area (Å²) in [5.41, 5.74) is 0.0652. The van der Waals surface area contributed by atoms with E-state index in [1.165, 1.54) is 31.6 Å². The molecule has 4 nitrogen and oxygen atoms in total. The summed E-state index contributed by atoms with van der Waals surface area (Å²) in [6, 6.07) is 1.28. The van der Waals surface area contributed by atoms with Crippen molar-refractivity contribution in [3.05, 3.63) is 60.7 Å². The van der Waals surface area contributed by atoms with Crippen molar-refractivity contribution < 1.29 is 17.9 Å². The molecular formula is C17H20F3N3OS. The van der Waals surface area contributed by atoms with Crippen molar-refractivity contribution in [2.45, 2.75) is 31.0 Å². The lowest BCUT2D eigenvalue weighted by Crippen LogP contribution is -2.40. The number of ether oxygens (including phenoxy) is 1. The van der Waals surface area contributed by atoms with Crippen molar-refractivity contribution in [2.24, 2.45) is 0 Å². The number of rotatable bonds is 7. The van der Waals surface area contributed by atoms with Gasteiger partial charge in [0.15, 0.2) is 0 Å². The van der Waals surface area contributed by atoms with Gasteiger partial charge in [-0.15, -0.1) is 0 Å². The number of hydrogen-bond acceptors (Lipinski definition) is 5. The summed E-state index contributed by atoms with van der Waals surface area (Å²) >= 11 is 0.712. The Bertz CT molecular complexity index is 651. The van der Waals surface area contributed by atoms with Crippen molar-refractivity contribution in [3.63, 3.8) is 0 Å². The Morgan fingerprint density at radius 3 is 2.44 bits per heavy atom. The van der Waals surface area contributed by atoms with Crippen molar-refractivity contribution in [3.8, 4) is 6.07 Å². The van der Waals surface area contributed by atoms with E-state index in [1.807, 2.05) is 19.9 Å². The SMILES string of the molecule is C=C/C(OC)=C(\C=C)C(NSc1cncc(C#N)c1)C(F)(F)F.CC. The zero-order valence-electron chi connectivity index (χ0n) is 14.2. The number of aromatic nitrogens is 1. The predicted octanol–water partition coefficient (Wildman–Crippen LogP) is 4.78. The summed E-state index contributed by atoms with van der Waals surface area (Å²) in [4.78, 5) is 4.16. The fourth-order valence-electron chi connectivity index (χ4n) is 1.65. The van der Waals surface area contributed by atoms with Gasteiger partial charge in [0.1, 0.15) is 17.9 Å². The highest BCUT2D eigenvalue weighted by Gasteiger charge is 2.42. The standard InChI is InChI=1S/C15H14F3N3OS.C2H6/c1-4-12(13(5-2)22-3)14(15(16,17)18)21-23-11-6-10(7-19)8-20-9-11;1-2/h4-6,8-9,14,21H,1-2H2,3H3;1-2H3/b13-12-;. The topological polar surface area (TPSA) is 57.9 Å². The van der Waals surface area contributed by atoms with E-state index in [1.54, 1.807) is 0 Å². The number of nitrogens with zero attached hydrogens (tertiary/aromatic N) is 2. The van der Waals surface area contributed by atoms with Gasteiger partial charge in [-0.2, -0.15) is 18.4 Å². The van der Waals surface area contributed by atoms with Crippen LogP contribution in [0.5, 0.6) is 0 Å². The minimum absolute atomic E-state index is 0.0284. The van der Waals surface area contributed by atoms with Gasteiger partial charge in [0.2, 0.25) is 0 Å². The number of hydrogen-bond donors (Lipinski definition) is 1. The summed E-state index contributed by atoms with van der Waals surface area (Å²) in [6.45, 7) is 10.8. The predicted molar refractivity (Wildman–Crippen MR) is 93.6 cm³/mol. The van der Waals surface area contributed by atoms with E-state index in [0.717, 1.165) is 6.08 Å². The van der Waals surface area contributed by atoms with Crippen molar-refractivity contribution in [1.82, 2.24) is 9.71 Å². The van der Waals surface area contributed by atoms with Crippen molar-refractivity contribution in [2.75, 3.05) is 7.11 Å². The Morgan fingerprint density at radius 1 is 1.36 bits per heavy atom. The van der Waals surface area contributed by atoms with Gasteiger partial charge in [-0.3, -0.25) is 4.98 Å². The van der Waals surface area contributed by atoms with Crippen molar-refractivity contribution >= 4 is 11.9 Å². The van der Waals surface area contributed by atoms with Crippen LogP contribution in [-0.4, -0.2) is 24.3 Å². The number of alkyl halides is 3. The summed E-state index contributed by atoms with van der Waals surface area (Å²) in [6.07, 6.45) is 0.342. The molecule has 0 aromatic carbocycles. The lowest BCUT2D eigenvalue weighted by Gasteiger charge is -2.23. The molecular weight excluding hydrogens is 351 g/mol. The molecule has 0 saturated heterocycles. The highest BCUT2D eigenvalue weighted by Crippen LogP contribution is 2.31. The first-order valence-electron chi connectivity index (χ1n) is 7.24. The van der Waals surface area contributed by atoms with Crippen LogP contribution in [0.2, 0.25) is 0 Å². The first-order valence-corrected chi connectivity index (χ1v) is 8.06. The second kappa shape index (κ2) is 11.3. The molecule has 8 heteroatoms. The molecule has 1 aromatic heterocycles. The fourth-order valence-corrected chi connectivity index (χ4v) is 2.46. The first kappa shape index (κ1) is 22.8.